The second kappa shape index (κ2) is 6.58. The molecular weight excluding hydrogens is 320 g/mol. The SMILES string of the molecule is O=C(CCn1c(=O)oc2ccccc21)N1CCCC(n2ccnc2)C1. The van der Waals surface area contributed by atoms with Crippen LogP contribution in [0.5, 0.6) is 0 Å². The molecule has 25 heavy (non-hydrogen) atoms. The van der Waals surface area contributed by atoms with Crippen LogP contribution in [0.15, 0.2) is 52.2 Å². The molecule has 1 fully saturated rings. The van der Waals surface area contributed by atoms with Gasteiger partial charge in [-0.05, 0) is 25.0 Å². The van der Waals surface area contributed by atoms with Crippen LogP contribution >= 0.6 is 0 Å². The van der Waals surface area contributed by atoms with Crippen LogP contribution in [0.3, 0.4) is 0 Å². The van der Waals surface area contributed by atoms with E-state index in [0.29, 0.717) is 25.1 Å². The molecule has 1 aliphatic rings. The van der Waals surface area contributed by atoms with Crippen molar-refractivity contribution in [3.63, 3.8) is 0 Å². The molecule has 7 heteroatoms. The smallest absolute Gasteiger partial charge is 0.408 e. The molecule has 3 heterocycles. The number of nitrogens with zero attached hydrogens (tertiary/aromatic N) is 4. The molecule has 1 atom stereocenters. The average molecular weight is 340 g/mol. The minimum atomic E-state index is -0.413. The summed E-state index contributed by atoms with van der Waals surface area (Å²) >= 11 is 0. The Morgan fingerprint density at radius 1 is 1.32 bits per heavy atom. The van der Waals surface area contributed by atoms with E-state index in [2.05, 4.69) is 9.55 Å². The fraction of sp³-hybridized carbons (Fsp3) is 0.389. The minimum Gasteiger partial charge on any atom is -0.408 e. The van der Waals surface area contributed by atoms with E-state index in [0.717, 1.165) is 24.9 Å². The highest BCUT2D eigenvalue weighted by Gasteiger charge is 2.24. The van der Waals surface area contributed by atoms with Crippen molar-refractivity contribution in [3.8, 4) is 0 Å². The molecule has 0 N–H and O–H groups in total. The van der Waals surface area contributed by atoms with Gasteiger partial charge in [0.25, 0.3) is 0 Å². The first kappa shape index (κ1) is 15.7. The average Bonchev–Trinajstić information content (AvgIpc) is 3.27. The van der Waals surface area contributed by atoms with Crippen molar-refractivity contribution < 1.29 is 9.21 Å². The lowest BCUT2D eigenvalue weighted by Crippen LogP contribution is -2.41. The summed E-state index contributed by atoms with van der Waals surface area (Å²) in [5.74, 6) is -0.342. The summed E-state index contributed by atoms with van der Waals surface area (Å²) in [6, 6.07) is 7.55. The normalized spacial score (nSPS) is 17.9. The van der Waals surface area contributed by atoms with E-state index < -0.39 is 5.76 Å². The molecular formula is C18H20N4O3. The number of aromatic nitrogens is 3. The number of likely N-dealkylation sites (tertiary alicyclic amines) is 1. The van der Waals surface area contributed by atoms with Gasteiger partial charge < -0.3 is 13.9 Å². The number of piperidine rings is 1. The monoisotopic (exact) mass is 340 g/mol. The van der Waals surface area contributed by atoms with Crippen molar-refractivity contribution >= 4 is 17.0 Å². The highest BCUT2D eigenvalue weighted by molar-refractivity contribution is 5.77. The molecule has 7 nitrogen and oxygen atoms in total. The predicted octanol–water partition coefficient (Wildman–Crippen LogP) is 2.04. The molecule has 0 spiro atoms. The van der Waals surface area contributed by atoms with Crippen molar-refractivity contribution in [1.82, 2.24) is 19.0 Å². The highest BCUT2D eigenvalue weighted by Crippen LogP contribution is 2.22. The van der Waals surface area contributed by atoms with Crippen molar-refractivity contribution in [2.75, 3.05) is 13.1 Å². The van der Waals surface area contributed by atoms with Crippen LogP contribution in [0.1, 0.15) is 25.3 Å². The van der Waals surface area contributed by atoms with Gasteiger partial charge in [0.05, 0.1) is 17.9 Å². The fourth-order valence-corrected chi connectivity index (χ4v) is 3.50. The Labute approximate surface area is 144 Å². The van der Waals surface area contributed by atoms with E-state index in [1.165, 1.54) is 4.57 Å². The summed E-state index contributed by atoms with van der Waals surface area (Å²) in [5.41, 5.74) is 1.29. The maximum absolute atomic E-state index is 12.6. The van der Waals surface area contributed by atoms with Gasteiger partial charge in [0.1, 0.15) is 0 Å². The molecule has 0 radical (unpaired) electrons. The van der Waals surface area contributed by atoms with Crippen LogP contribution in [0.4, 0.5) is 0 Å². The third kappa shape index (κ3) is 3.09. The van der Waals surface area contributed by atoms with Gasteiger partial charge in [0.2, 0.25) is 5.91 Å². The zero-order valence-corrected chi connectivity index (χ0v) is 13.9. The number of oxazole rings is 1. The Kier molecular flexibility index (Phi) is 4.13. The van der Waals surface area contributed by atoms with Crippen LogP contribution in [0.25, 0.3) is 11.1 Å². The van der Waals surface area contributed by atoms with Gasteiger partial charge in [-0.2, -0.15) is 0 Å². The predicted molar refractivity (Wildman–Crippen MR) is 92.2 cm³/mol. The maximum atomic E-state index is 12.6. The van der Waals surface area contributed by atoms with E-state index >= 15 is 0 Å². The van der Waals surface area contributed by atoms with Crippen molar-refractivity contribution in [2.24, 2.45) is 0 Å². The molecule has 1 amide bonds. The Hall–Kier alpha value is -2.83. The largest absolute Gasteiger partial charge is 0.419 e. The van der Waals surface area contributed by atoms with Crippen LogP contribution in [0.2, 0.25) is 0 Å². The van der Waals surface area contributed by atoms with E-state index in [-0.39, 0.29) is 11.9 Å². The lowest BCUT2D eigenvalue weighted by atomic mass is 10.1. The van der Waals surface area contributed by atoms with Crippen molar-refractivity contribution in [2.45, 2.75) is 31.8 Å². The Bertz CT molecular complexity index is 925. The van der Waals surface area contributed by atoms with Crippen LogP contribution in [-0.4, -0.2) is 38.0 Å². The van der Waals surface area contributed by atoms with Crippen molar-refractivity contribution in [1.29, 1.82) is 0 Å². The first-order valence-electron chi connectivity index (χ1n) is 8.56. The van der Waals surface area contributed by atoms with Gasteiger partial charge >= 0.3 is 5.76 Å². The Morgan fingerprint density at radius 3 is 3.04 bits per heavy atom. The standard InChI is InChI=1S/C18H20N4O3/c23-17(20-9-3-4-14(12-20)21-11-8-19-13-21)7-10-22-15-5-1-2-6-16(15)25-18(22)24/h1-2,5-6,8,11,13-14H,3-4,7,9-10,12H2. The number of amides is 1. The summed E-state index contributed by atoms with van der Waals surface area (Å²) in [7, 11) is 0. The summed E-state index contributed by atoms with van der Waals surface area (Å²) < 4.78 is 8.81. The molecule has 1 aliphatic heterocycles. The molecule has 1 aromatic carbocycles. The number of carbonyl (C=O) groups excluding carboxylic acids is 1. The zero-order chi connectivity index (χ0) is 17.2. The number of para-hydroxylation sites is 2. The Balaban J connectivity index is 1.43. The topological polar surface area (TPSA) is 73.3 Å². The van der Waals surface area contributed by atoms with Gasteiger partial charge in [-0.15, -0.1) is 0 Å². The first-order chi connectivity index (χ1) is 12.2. The summed E-state index contributed by atoms with van der Waals surface area (Å²) in [4.78, 5) is 30.6. The quantitative estimate of drug-likeness (QED) is 0.728. The second-order valence-electron chi connectivity index (χ2n) is 6.38. The van der Waals surface area contributed by atoms with Crippen LogP contribution < -0.4 is 5.76 Å². The molecule has 1 saturated heterocycles. The molecule has 0 saturated carbocycles. The molecule has 0 bridgehead atoms. The number of fused-ring (bicyclic) bond motifs is 1. The lowest BCUT2D eigenvalue weighted by Gasteiger charge is -2.33. The second-order valence-corrected chi connectivity index (χ2v) is 6.38. The van der Waals surface area contributed by atoms with Gasteiger partial charge in [-0.3, -0.25) is 9.36 Å². The zero-order valence-electron chi connectivity index (χ0n) is 13.9. The fourth-order valence-electron chi connectivity index (χ4n) is 3.50. The van der Waals surface area contributed by atoms with E-state index in [9.17, 15) is 9.59 Å². The molecule has 2 aromatic heterocycles. The highest BCUT2D eigenvalue weighted by atomic mass is 16.4. The van der Waals surface area contributed by atoms with E-state index in [1.807, 2.05) is 29.3 Å². The number of hydrogen-bond donors (Lipinski definition) is 0. The Morgan fingerprint density at radius 2 is 2.20 bits per heavy atom. The maximum Gasteiger partial charge on any atom is 0.419 e. The van der Waals surface area contributed by atoms with Gasteiger partial charge in [0.15, 0.2) is 5.58 Å². The molecule has 1 unspecified atom stereocenters. The molecule has 4 rings (SSSR count). The van der Waals surface area contributed by atoms with Crippen molar-refractivity contribution in [3.05, 3.63) is 53.5 Å². The number of carbonyl (C=O) groups is 1. The molecule has 0 aliphatic carbocycles. The number of aryl methyl sites for hydroxylation is 1. The third-order valence-electron chi connectivity index (χ3n) is 4.82. The van der Waals surface area contributed by atoms with E-state index in [4.69, 9.17) is 4.42 Å². The summed E-state index contributed by atoms with van der Waals surface area (Å²) in [6.45, 7) is 1.79. The van der Waals surface area contributed by atoms with Gasteiger partial charge in [-0.25, -0.2) is 9.78 Å². The summed E-state index contributed by atoms with van der Waals surface area (Å²) in [5, 5.41) is 0. The minimum absolute atomic E-state index is 0.0713. The number of hydrogen-bond acceptors (Lipinski definition) is 4. The molecule has 130 valence electrons. The lowest BCUT2D eigenvalue weighted by molar-refractivity contribution is -0.133. The third-order valence-corrected chi connectivity index (χ3v) is 4.82. The molecule has 3 aromatic rings. The first-order valence-corrected chi connectivity index (χ1v) is 8.56. The van der Waals surface area contributed by atoms with Crippen LogP contribution in [0, 0.1) is 0 Å². The van der Waals surface area contributed by atoms with Crippen LogP contribution in [-0.2, 0) is 11.3 Å². The van der Waals surface area contributed by atoms with Gasteiger partial charge in [-0.1, -0.05) is 12.1 Å². The number of benzene rings is 1. The van der Waals surface area contributed by atoms with E-state index in [1.54, 1.807) is 18.6 Å². The van der Waals surface area contributed by atoms with Gasteiger partial charge in [0, 0.05) is 38.4 Å². The number of imidazole rings is 1. The number of rotatable bonds is 4. The summed E-state index contributed by atoms with van der Waals surface area (Å²) in [6.07, 6.45) is 7.82.